The van der Waals surface area contributed by atoms with Gasteiger partial charge in [-0.1, -0.05) is 28.4 Å². The molecule has 4 aromatic rings. The van der Waals surface area contributed by atoms with Crippen LogP contribution < -0.4 is 0 Å². The van der Waals surface area contributed by atoms with Crippen LogP contribution in [-0.2, 0) is 4.74 Å². The van der Waals surface area contributed by atoms with Crippen molar-refractivity contribution in [2.24, 2.45) is 0 Å². The number of aliphatic hydroxyl groups is 3. The van der Waals surface area contributed by atoms with Gasteiger partial charge in [-0.15, -0.1) is 15.3 Å². The van der Waals surface area contributed by atoms with E-state index >= 15 is 0 Å². The molecule has 1 aliphatic rings. The van der Waals surface area contributed by atoms with E-state index in [1.54, 1.807) is 0 Å². The highest BCUT2D eigenvalue weighted by molar-refractivity contribution is 6.31. The lowest BCUT2D eigenvalue weighted by Gasteiger charge is -2.41. The number of hydrogen-bond acceptors (Lipinski definition) is 9. The fourth-order valence-electron chi connectivity index (χ4n) is 4.31. The summed E-state index contributed by atoms with van der Waals surface area (Å²) in [4.78, 5) is 0. The van der Waals surface area contributed by atoms with Crippen LogP contribution in [0.15, 0.2) is 42.9 Å². The first kappa shape index (κ1) is 26.1. The number of aliphatic hydroxyl groups excluding tert-OH is 3. The normalized spacial score (nSPS) is 23.4. The molecule has 3 N–H and O–H groups in total. The van der Waals surface area contributed by atoms with Crippen molar-refractivity contribution in [2.45, 2.75) is 30.5 Å². The highest BCUT2D eigenvalue weighted by atomic mass is 35.5. The van der Waals surface area contributed by atoms with Gasteiger partial charge in [0.15, 0.2) is 5.82 Å². The van der Waals surface area contributed by atoms with E-state index in [1.165, 1.54) is 35.3 Å². The molecule has 1 saturated heterocycles. The van der Waals surface area contributed by atoms with Crippen LogP contribution in [0.2, 0.25) is 10.0 Å². The van der Waals surface area contributed by atoms with E-state index < -0.39 is 53.7 Å². The Morgan fingerprint density at radius 1 is 1.08 bits per heavy atom. The molecule has 5 atom stereocenters. The summed E-state index contributed by atoms with van der Waals surface area (Å²) >= 11 is 11.7. The minimum absolute atomic E-state index is 0.0201. The fourth-order valence-corrected chi connectivity index (χ4v) is 4.58. The molecule has 0 spiro atoms. The molecule has 196 valence electrons. The standard InChI is InChI=1S/C23H17Cl2F2N7O4/c24-12-2-1-10(6-28)16(5-12)33-9-29-31-23(33)22-21(37)19(20(36)17(8-35)38-22)34-7-15(30-32-34)11-3-13(26)18(25)14(27)4-11/h1-5,7,9,17,19-22,35-37H,8H2/t17-,19+,20+,21-,22-/m1/s1. The Bertz CT molecular complexity index is 1520. The molecule has 2 aromatic carbocycles. The Balaban J connectivity index is 1.54. The van der Waals surface area contributed by atoms with E-state index in [2.05, 4.69) is 20.5 Å². The van der Waals surface area contributed by atoms with Gasteiger partial charge in [0.2, 0.25) is 0 Å². The number of benzene rings is 2. The maximum absolute atomic E-state index is 14.0. The van der Waals surface area contributed by atoms with E-state index in [-0.39, 0.29) is 22.6 Å². The van der Waals surface area contributed by atoms with Crippen molar-refractivity contribution in [2.75, 3.05) is 6.61 Å². The molecule has 1 aliphatic heterocycles. The zero-order valence-electron chi connectivity index (χ0n) is 19.0. The summed E-state index contributed by atoms with van der Waals surface area (Å²) in [6.07, 6.45) is -2.92. The lowest BCUT2D eigenvalue weighted by atomic mass is 9.92. The Morgan fingerprint density at radius 2 is 1.82 bits per heavy atom. The predicted molar refractivity (Wildman–Crippen MR) is 127 cm³/mol. The molecule has 0 amide bonds. The minimum atomic E-state index is -1.53. The first-order valence-electron chi connectivity index (χ1n) is 11.0. The molecule has 38 heavy (non-hydrogen) atoms. The summed E-state index contributed by atoms with van der Waals surface area (Å²) in [6, 6.07) is 7.28. The van der Waals surface area contributed by atoms with Crippen LogP contribution in [0.5, 0.6) is 0 Å². The number of aromatic nitrogens is 6. The first-order valence-corrected chi connectivity index (χ1v) is 11.8. The quantitative estimate of drug-likeness (QED) is 0.310. The third kappa shape index (κ3) is 4.51. The van der Waals surface area contributed by atoms with Crippen molar-refractivity contribution < 1.29 is 28.8 Å². The summed E-state index contributed by atoms with van der Waals surface area (Å²) in [6.45, 7) is -0.634. The van der Waals surface area contributed by atoms with Crippen LogP contribution in [0.3, 0.4) is 0 Å². The second kappa shape index (κ2) is 10.3. The van der Waals surface area contributed by atoms with Crippen LogP contribution >= 0.6 is 23.2 Å². The smallest absolute Gasteiger partial charge is 0.169 e. The number of hydrogen-bond donors (Lipinski definition) is 3. The molecule has 0 aliphatic carbocycles. The van der Waals surface area contributed by atoms with Crippen molar-refractivity contribution in [3.05, 3.63) is 75.9 Å². The molecule has 11 nitrogen and oxygen atoms in total. The van der Waals surface area contributed by atoms with Crippen LogP contribution in [0.4, 0.5) is 8.78 Å². The largest absolute Gasteiger partial charge is 0.394 e. The monoisotopic (exact) mass is 563 g/mol. The van der Waals surface area contributed by atoms with Gasteiger partial charge in [-0.3, -0.25) is 4.57 Å². The first-order chi connectivity index (χ1) is 18.2. The molecule has 3 heterocycles. The molecule has 0 radical (unpaired) electrons. The lowest BCUT2D eigenvalue weighted by Crippen LogP contribution is -2.53. The highest BCUT2D eigenvalue weighted by Crippen LogP contribution is 2.39. The zero-order valence-corrected chi connectivity index (χ0v) is 20.5. The SMILES string of the molecule is N#Cc1ccc(Cl)cc1-n1cnnc1[C@@H]1O[C@H](CO)[C@H](O)[C@H](n2cc(-c3cc(F)c(Cl)c(F)c3)nn2)[C@H]1O. The Kier molecular flexibility index (Phi) is 7.10. The maximum atomic E-state index is 14.0. The molecule has 5 rings (SSSR count). The topological polar surface area (TPSA) is 155 Å². The number of ether oxygens (including phenoxy) is 1. The van der Waals surface area contributed by atoms with Crippen molar-refractivity contribution >= 4 is 23.2 Å². The lowest BCUT2D eigenvalue weighted by molar-refractivity contribution is -0.210. The van der Waals surface area contributed by atoms with Crippen molar-refractivity contribution in [3.8, 4) is 23.0 Å². The third-order valence-electron chi connectivity index (χ3n) is 6.16. The molecule has 0 saturated carbocycles. The number of halogens is 4. The second-order valence-electron chi connectivity index (χ2n) is 8.42. The van der Waals surface area contributed by atoms with Crippen molar-refractivity contribution in [3.63, 3.8) is 0 Å². The minimum Gasteiger partial charge on any atom is -0.394 e. The Labute approximate surface area is 223 Å². The third-order valence-corrected chi connectivity index (χ3v) is 6.75. The van der Waals surface area contributed by atoms with Gasteiger partial charge in [0.05, 0.1) is 24.1 Å². The average Bonchev–Trinajstić information content (AvgIpc) is 3.58. The molecule has 0 unspecified atom stereocenters. The van der Waals surface area contributed by atoms with Gasteiger partial charge in [0.1, 0.15) is 65.2 Å². The zero-order chi connectivity index (χ0) is 27.1. The van der Waals surface area contributed by atoms with Crippen LogP contribution in [0.1, 0.15) is 23.5 Å². The number of nitriles is 1. The highest BCUT2D eigenvalue weighted by Gasteiger charge is 2.48. The summed E-state index contributed by atoms with van der Waals surface area (Å²) in [5.74, 6) is -1.95. The summed E-state index contributed by atoms with van der Waals surface area (Å²) in [5.41, 5.74) is 0.600. The van der Waals surface area contributed by atoms with Gasteiger partial charge in [0, 0.05) is 10.6 Å². The molecule has 2 aromatic heterocycles. The van der Waals surface area contributed by atoms with E-state index in [0.717, 1.165) is 16.8 Å². The maximum Gasteiger partial charge on any atom is 0.169 e. The predicted octanol–water partition coefficient (Wildman–Crippen LogP) is 2.38. The van der Waals surface area contributed by atoms with Gasteiger partial charge >= 0.3 is 0 Å². The summed E-state index contributed by atoms with van der Waals surface area (Å²) in [7, 11) is 0. The molecule has 15 heteroatoms. The van der Waals surface area contributed by atoms with Gasteiger partial charge in [-0.05, 0) is 30.3 Å². The van der Waals surface area contributed by atoms with E-state index in [1.807, 2.05) is 6.07 Å². The summed E-state index contributed by atoms with van der Waals surface area (Å²) < 4.78 is 36.3. The van der Waals surface area contributed by atoms with Crippen LogP contribution in [0, 0.1) is 23.0 Å². The van der Waals surface area contributed by atoms with Crippen molar-refractivity contribution in [1.82, 2.24) is 29.8 Å². The summed E-state index contributed by atoms with van der Waals surface area (Å²) in [5, 5.41) is 57.1. The molecular weight excluding hydrogens is 547 g/mol. The van der Waals surface area contributed by atoms with Crippen molar-refractivity contribution in [1.29, 1.82) is 5.26 Å². The average molecular weight is 564 g/mol. The molecular formula is C23H17Cl2F2N7O4. The van der Waals surface area contributed by atoms with Gasteiger partial charge in [-0.25, -0.2) is 13.5 Å². The van der Waals surface area contributed by atoms with Gasteiger partial charge < -0.3 is 20.1 Å². The molecule has 1 fully saturated rings. The second-order valence-corrected chi connectivity index (χ2v) is 9.23. The molecule has 0 bridgehead atoms. The van der Waals surface area contributed by atoms with E-state index in [9.17, 15) is 29.4 Å². The van der Waals surface area contributed by atoms with E-state index in [4.69, 9.17) is 27.9 Å². The fraction of sp³-hybridized carbons (Fsp3) is 0.261. The van der Waals surface area contributed by atoms with Crippen LogP contribution in [-0.4, -0.2) is 70.0 Å². The Hall–Kier alpha value is -3.51. The van der Waals surface area contributed by atoms with E-state index in [0.29, 0.717) is 10.7 Å². The Morgan fingerprint density at radius 3 is 2.50 bits per heavy atom. The number of rotatable bonds is 5. The van der Waals surface area contributed by atoms with Gasteiger partial charge in [0.25, 0.3) is 0 Å². The number of nitrogens with zero attached hydrogens (tertiary/aromatic N) is 7. The van der Waals surface area contributed by atoms with Gasteiger partial charge in [-0.2, -0.15) is 5.26 Å². The van der Waals surface area contributed by atoms with Crippen LogP contribution in [0.25, 0.3) is 16.9 Å².